The first-order valence-electron chi connectivity index (χ1n) is 7.44. The molecule has 0 aliphatic heterocycles. The molecular weight excluding hydrogens is 378 g/mol. The highest BCUT2D eigenvalue weighted by Gasteiger charge is 2.27. The van der Waals surface area contributed by atoms with Crippen LogP contribution in [0.2, 0.25) is 5.15 Å². The molecule has 2 N–H and O–H groups in total. The number of nitrogens with one attached hydrogen (secondary N) is 2. The summed E-state index contributed by atoms with van der Waals surface area (Å²) in [6, 6.07) is 3.18. The molecule has 1 amide bonds. The lowest BCUT2D eigenvalue weighted by atomic mass is 10.1. The fourth-order valence-corrected chi connectivity index (χ4v) is 3.44. The second kappa shape index (κ2) is 7.98. The molecule has 2 heterocycles. The normalized spacial score (nSPS) is 19.2. The van der Waals surface area contributed by atoms with Gasteiger partial charge in [0.1, 0.15) is 0 Å². The van der Waals surface area contributed by atoms with Gasteiger partial charge in [-0.1, -0.05) is 31.2 Å². The summed E-state index contributed by atoms with van der Waals surface area (Å²) in [4.78, 5) is 16.4. The van der Waals surface area contributed by atoms with E-state index in [2.05, 4.69) is 20.1 Å². The molecule has 10 heteroatoms. The summed E-state index contributed by atoms with van der Waals surface area (Å²) in [6.45, 7) is 0. The van der Waals surface area contributed by atoms with Crippen LogP contribution in [-0.2, 0) is 14.8 Å². The van der Waals surface area contributed by atoms with Crippen molar-refractivity contribution in [2.75, 3.05) is 11.6 Å². The lowest BCUT2D eigenvalue weighted by molar-refractivity contribution is -0.118. The van der Waals surface area contributed by atoms with Crippen LogP contribution in [0.3, 0.4) is 0 Å². The number of halogens is 1. The molecule has 0 spiro atoms. The maximum Gasteiger partial charge on any atom is 0.231 e. The lowest BCUT2D eigenvalue weighted by Gasteiger charge is -2.12. The number of pyridine rings is 1. The Labute approximate surface area is 157 Å². The van der Waals surface area contributed by atoms with Gasteiger partial charge in [-0.15, -0.1) is 0 Å². The zero-order valence-corrected chi connectivity index (χ0v) is 14.8. The molecule has 2 aromatic rings. The summed E-state index contributed by atoms with van der Waals surface area (Å²) >= 11 is 6.08. The standard InChI is InChI=1S/C15H16ClN5O3S.CH4/c1-25(23,24)20-11-5-4-10(7-11)15(22)18-13-9-21(19-14(13)16)12-3-2-6-17-8-12;/h2-6,8-11,20H,7H2,1H3,(H,18,22);1H4/t10-,11+;/m0./s1. The Morgan fingerprint density at radius 1 is 1.38 bits per heavy atom. The monoisotopic (exact) mass is 397 g/mol. The first-order valence-corrected chi connectivity index (χ1v) is 9.71. The number of nitrogens with zero attached hydrogens (tertiary/aromatic N) is 3. The number of anilines is 1. The molecule has 8 nitrogen and oxygen atoms in total. The van der Waals surface area contributed by atoms with Crippen LogP contribution in [0.15, 0.2) is 42.9 Å². The fourth-order valence-electron chi connectivity index (χ4n) is 2.54. The molecular formula is C16H20ClN5O3S. The smallest absolute Gasteiger partial charge is 0.231 e. The Kier molecular flexibility index (Phi) is 6.17. The Morgan fingerprint density at radius 2 is 2.15 bits per heavy atom. The van der Waals surface area contributed by atoms with E-state index in [0.717, 1.165) is 6.26 Å². The summed E-state index contributed by atoms with van der Waals surface area (Å²) in [5.74, 6) is -0.723. The predicted molar refractivity (Wildman–Crippen MR) is 101 cm³/mol. The predicted octanol–water partition coefficient (Wildman–Crippen LogP) is 1.99. The Bertz CT molecular complexity index is 911. The molecule has 0 unspecified atom stereocenters. The largest absolute Gasteiger partial charge is 0.322 e. The van der Waals surface area contributed by atoms with Gasteiger partial charge in [0.2, 0.25) is 15.9 Å². The van der Waals surface area contributed by atoms with Gasteiger partial charge in [-0.05, 0) is 18.6 Å². The van der Waals surface area contributed by atoms with E-state index in [1.165, 1.54) is 4.68 Å². The Hall–Kier alpha value is -2.23. The van der Waals surface area contributed by atoms with E-state index in [1.807, 2.05) is 6.07 Å². The van der Waals surface area contributed by atoms with E-state index in [-0.39, 0.29) is 24.5 Å². The number of aromatic nitrogens is 3. The van der Waals surface area contributed by atoms with E-state index in [9.17, 15) is 13.2 Å². The van der Waals surface area contributed by atoms with Crippen molar-refractivity contribution in [2.45, 2.75) is 19.9 Å². The van der Waals surface area contributed by atoms with Crippen molar-refractivity contribution in [1.29, 1.82) is 0 Å². The summed E-state index contributed by atoms with van der Waals surface area (Å²) < 4.78 is 26.5. The van der Waals surface area contributed by atoms with Crippen LogP contribution >= 0.6 is 11.6 Å². The van der Waals surface area contributed by atoms with E-state index >= 15 is 0 Å². The van der Waals surface area contributed by atoms with E-state index in [0.29, 0.717) is 17.8 Å². The minimum atomic E-state index is -3.32. The van der Waals surface area contributed by atoms with Crippen LogP contribution in [0.1, 0.15) is 13.8 Å². The molecule has 0 fully saturated rings. The zero-order chi connectivity index (χ0) is 18.0. The number of rotatable bonds is 5. The van der Waals surface area contributed by atoms with Crippen molar-refractivity contribution in [3.05, 3.63) is 48.0 Å². The van der Waals surface area contributed by atoms with Crippen LogP contribution in [0, 0.1) is 5.92 Å². The highest BCUT2D eigenvalue weighted by Crippen LogP contribution is 2.25. The SMILES string of the molecule is C.CS(=O)(=O)N[C@@H]1C=C[C@H](C(=O)Nc2cn(-c3cccnc3)nc2Cl)C1. The zero-order valence-electron chi connectivity index (χ0n) is 13.3. The van der Waals surface area contributed by atoms with Gasteiger partial charge in [0.15, 0.2) is 5.15 Å². The van der Waals surface area contributed by atoms with Crippen molar-refractivity contribution in [2.24, 2.45) is 5.92 Å². The molecule has 140 valence electrons. The van der Waals surface area contributed by atoms with Gasteiger partial charge >= 0.3 is 0 Å². The van der Waals surface area contributed by atoms with Crippen molar-refractivity contribution < 1.29 is 13.2 Å². The van der Waals surface area contributed by atoms with Gasteiger partial charge in [0.05, 0.1) is 35.9 Å². The van der Waals surface area contributed by atoms with E-state index in [4.69, 9.17) is 11.6 Å². The summed E-state index contributed by atoms with van der Waals surface area (Å²) in [6.07, 6.45) is 9.65. The number of amides is 1. The molecule has 0 saturated carbocycles. The maximum atomic E-state index is 12.4. The molecule has 2 atom stereocenters. The molecule has 1 aliphatic rings. The molecule has 0 radical (unpaired) electrons. The van der Waals surface area contributed by atoms with Gasteiger partial charge in [-0.3, -0.25) is 9.78 Å². The molecule has 26 heavy (non-hydrogen) atoms. The van der Waals surface area contributed by atoms with Crippen LogP contribution in [0.25, 0.3) is 5.69 Å². The molecule has 1 aliphatic carbocycles. The third kappa shape index (κ3) is 4.90. The maximum absolute atomic E-state index is 12.4. The first-order chi connectivity index (χ1) is 11.8. The quantitative estimate of drug-likeness (QED) is 0.750. The number of hydrogen-bond donors (Lipinski definition) is 2. The number of carbonyl (C=O) groups is 1. The second-order valence-corrected chi connectivity index (χ2v) is 7.84. The van der Waals surface area contributed by atoms with Crippen molar-refractivity contribution >= 4 is 33.2 Å². The highest BCUT2D eigenvalue weighted by atomic mass is 35.5. The second-order valence-electron chi connectivity index (χ2n) is 5.70. The van der Waals surface area contributed by atoms with Crippen LogP contribution in [-0.4, -0.2) is 41.4 Å². The average Bonchev–Trinajstić information content (AvgIpc) is 3.14. The number of sulfonamides is 1. The minimum Gasteiger partial charge on any atom is -0.322 e. The third-order valence-electron chi connectivity index (χ3n) is 3.62. The Balaban J connectivity index is 0.00000243. The first kappa shape index (κ1) is 20.1. The molecule has 0 saturated heterocycles. The Morgan fingerprint density at radius 3 is 2.81 bits per heavy atom. The number of hydrogen-bond acceptors (Lipinski definition) is 5. The van der Waals surface area contributed by atoms with Crippen molar-refractivity contribution in [3.8, 4) is 5.69 Å². The van der Waals surface area contributed by atoms with E-state index in [1.54, 1.807) is 36.8 Å². The minimum absolute atomic E-state index is 0. The lowest BCUT2D eigenvalue weighted by Crippen LogP contribution is -2.33. The van der Waals surface area contributed by atoms with Crippen LogP contribution in [0.5, 0.6) is 0 Å². The summed E-state index contributed by atoms with van der Waals surface area (Å²) in [7, 11) is -3.32. The highest BCUT2D eigenvalue weighted by molar-refractivity contribution is 7.88. The fraction of sp³-hybridized carbons (Fsp3) is 0.312. The van der Waals surface area contributed by atoms with Gasteiger partial charge < -0.3 is 5.32 Å². The van der Waals surface area contributed by atoms with Crippen LogP contribution < -0.4 is 10.0 Å². The van der Waals surface area contributed by atoms with Crippen LogP contribution in [0.4, 0.5) is 5.69 Å². The van der Waals surface area contributed by atoms with Gasteiger partial charge in [-0.2, -0.15) is 5.10 Å². The third-order valence-corrected chi connectivity index (χ3v) is 4.63. The van der Waals surface area contributed by atoms with Crippen molar-refractivity contribution in [1.82, 2.24) is 19.5 Å². The average molecular weight is 398 g/mol. The molecule has 3 rings (SSSR count). The molecule has 2 aromatic heterocycles. The summed E-state index contributed by atoms with van der Waals surface area (Å²) in [5, 5.41) is 7.02. The van der Waals surface area contributed by atoms with E-state index < -0.39 is 15.9 Å². The van der Waals surface area contributed by atoms with Gasteiger partial charge in [0, 0.05) is 12.2 Å². The van der Waals surface area contributed by atoms with Gasteiger partial charge in [-0.25, -0.2) is 17.8 Å². The van der Waals surface area contributed by atoms with Gasteiger partial charge in [0.25, 0.3) is 0 Å². The molecule has 0 aromatic carbocycles. The molecule has 0 bridgehead atoms. The number of carbonyl (C=O) groups excluding carboxylic acids is 1. The summed E-state index contributed by atoms with van der Waals surface area (Å²) in [5.41, 5.74) is 1.09. The topological polar surface area (TPSA) is 106 Å². The van der Waals surface area contributed by atoms with Crippen molar-refractivity contribution in [3.63, 3.8) is 0 Å².